The Balaban J connectivity index is 0.00000368. The molecule has 6 heteroatoms. The average molecular weight is 750 g/mol. The van der Waals surface area contributed by atoms with Crippen LogP contribution in [0, 0.1) is 23.7 Å². The summed E-state index contributed by atoms with van der Waals surface area (Å²) in [4.78, 5) is 4.02. The van der Waals surface area contributed by atoms with Crippen molar-refractivity contribution in [1.29, 1.82) is 0 Å². The molecule has 0 aliphatic carbocycles. The van der Waals surface area contributed by atoms with E-state index in [9.17, 15) is 0 Å². The summed E-state index contributed by atoms with van der Waals surface area (Å²) in [5.74, 6) is 2.11. The van der Waals surface area contributed by atoms with Crippen molar-refractivity contribution >= 4 is 34.2 Å². The number of benzene rings is 3. The van der Waals surface area contributed by atoms with Crippen molar-refractivity contribution in [3.63, 3.8) is 0 Å². The third kappa shape index (κ3) is 5.59. The van der Waals surface area contributed by atoms with Crippen LogP contribution in [0.25, 0.3) is 21.8 Å². The predicted octanol–water partition coefficient (Wildman–Crippen LogP) is 8.73. The van der Waals surface area contributed by atoms with Crippen LogP contribution in [0.2, 0.25) is 0 Å². The van der Waals surface area contributed by atoms with E-state index in [2.05, 4.69) is 126 Å². The Morgan fingerprint density at radius 1 is 0.884 bits per heavy atom. The number of fused-ring (bicyclic) bond motifs is 3. The summed E-state index contributed by atoms with van der Waals surface area (Å²) in [7, 11) is 1.99. The number of hydrogen-bond donors (Lipinski definition) is 0. The van der Waals surface area contributed by atoms with E-state index in [1.807, 2.05) is 46.1 Å². The van der Waals surface area contributed by atoms with Gasteiger partial charge in [0.25, 0.3) is 0 Å². The Hall–Kier alpha value is -3.95. The Kier molecular flexibility index (Phi) is 7.77. The third-order valence-electron chi connectivity index (χ3n) is 7.96. The van der Waals surface area contributed by atoms with Gasteiger partial charge in [0.05, 0.1) is 5.52 Å². The Morgan fingerprint density at radius 3 is 2.30 bits per heavy atom. The number of para-hydroxylation sites is 1. The van der Waals surface area contributed by atoms with Crippen molar-refractivity contribution in [1.82, 2.24) is 9.47 Å². The molecule has 6 rings (SSSR count). The van der Waals surface area contributed by atoms with E-state index >= 15 is 0 Å². The molecular weight excluding hydrogens is 712 g/mol. The van der Waals surface area contributed by atoms with Gasteiger partial charge in [-0.2, -0.15) is 6.07 Å². The normalized spacial score (nSPS) is 15.5. The van der Waals surface area contributed by atoms with E-state index in [0.29, 0.717) is 11.5 Å². The topological polar surface area (TPSA) is 23.6 Å². The number of aromatic nitrogens is 1. The van der Waals surface area contributed by atoms with Crippen LogP contribution in [-0.4, -0.2) is 27.8 Å². The number of anilines is 1. The summed E-state index contributed by atoms with van der Waals surface area (Å²) in [5.41, 5.74) is 5.21. The fourth-order valence-electron chi connectivity index (χ4n) is 5.34. The standard InChI is InChI=1S/C37H38N4O.Pt/c1-25-38(8)18-19-40(25)28-20-27(37(5,6)7)21-30(23-28)42-29-14-15-32-31-12-10-11-13-33(31)41(34(32)24-29)35-22-26(36(2,3)4)16-17-39(35)9;/h10-22H,1,9H2,2-8H3;/q-2;+2. The molecule has 0 bridgehead atoms. The zero-order chi connectivity index (χ0) is 30.0. The van der Waals surface area contributed by atoms with Gasteiger partial charge in [0.2, 0.25) is 6.17 Å². The van der Waals surface area contributed by atoms with Crippen molar-refractivity contribution in [3.8, 4) is 11.5 Å². The van der Waals surface area contributed by atoms with Gasteiger partial charge in [-0.15, -0.1) is 41.3 Å². The first-order valence-corrected chi connectivity index (χ1v) is 14.3. The second kappa shape index (κ2) is 11.0. The third-order valence-corrected chi connectivity index (χ3v) is 7.96. The second-order valence-corrected chi connectivity index (χ2v) is 13.1. The van der Waals surface area contributed by atoms with Gasteiger partial charge >= 0.3 is 21.1 Å². The van der Waals surface area contributed by atoms with Gasteiger partial charge in [0.1, 0.15) is 5.82 Å². The molecule has 0 spiro atoms. The molecule has 0 N–H and O–H groups in total. The van der Waals surface area contributed by atoms with Crippen molar-refractivity contribution in [2.45, 2.75) is 47.0 Å². The van der Waals surface area contributed by atoms with E-state index in [-0.39, 0.29) is 31.9 Å². The van der Waals surface area contributed by atoms with Crippen LogP contribution in [-0.2, 0) is 26.5 Å². The fraction of sp³-hybridized carbons (Fsp3) is 0.243. The zero-order valence-corrected chi connectivity index (χ0v) is 28.2. The average Bonchev–Trinajstić information content (AvgIpc) is 3.43. The number of ether oxygens (including phenoxy) is 1. The Labute approximate surface area is 270 Å². The minimum Gasteiger partial charge on any atom is -0.510 e. The largest absolute Gasteiger partial charge is 2.00 e. The molecule has 0 unspecified atom stereocenters. The van der Waals surface area contributed by atoms with Crippen LogP contribution in [0.15, 0.2) is 97.3 Å². The van der Waals surface area contributed by atoms with Crippen LogP contribution < -0.4 is 9.64 Å². The Morgan fingerprint density at radius 2 is 1.63 bits per heavy atom. The molecule has 3 aromatic carbocycles. The molecule has 3 heterocycles. The minimum atomic E-state index is -0.0848. The molecule has 4 aromatic rings. The number of hydrogen-bond acceptors (Lipinski definition) is 3. The molecule has 1 aromatic heterocycles. The molecule has 2 aliphatic heterocycles. The van der Waals surface area contributed by atoms with Gasteiger partial charge in [0.15, 0.2) is 0 Å². The molecule has 0 fully saturated rings. The molecule has 0 saturated carbocycles. The monoisotopic (exact) mass is 749 g/mol. The molecular formula is C37H38N4OPt. The van der Waals surface area contributed by atoms with Crippen LogP contribution in [0.5, 0.6) is 11.5 Å². The first kappa shape index (κ1) is 30.5. The van der Waals surface area contributed by atoms with Crippen LogP contribution >= 0.6 is 0 Å². The molecule has 0 atom stereocenters. The van der Waals surface area contributed by atoms with Gasteiger partial charge in [-0.05, 0) is 28.5 Å². The maximum atomic E-state index is 6.54. The summed E-state index contributed by atoms with van der Waals surface area (Å²) in [6.07, 6.45) is 11.4. The van der Waals surface area contributed by atoms with Crippen LogP contribution in [0.3, 0.4) is 0 Å². The number of allylic oxidation sites excluding steroid dienone is 2. The zero-order valence-electron chi connectivity index (χ0n) is 25.9. The fourth-order valence-corrected chi connectivity index (χ4v) is 5.34. The van der Waals surface area contributed by atoms with Gasteiger partial charge < -0.3 is 14.5 Å². The van der Waals surface area contributed by atoms with Crippen molar-refractivity contribution < 1.29 is 30.4 Å². The molecule has 0 saturated heterocycles. The molecule has 43 heavy (non-hydrogen) atoms. The minimum absolute atomic E-state index is 0. The van der Waals surface area contributed by atoms with Gasteiger partial charge in [-0.25, -0.2) is 0 Å². The van der Waals surface area contributed by atoms with Crippen LogP contribution in [0.1, 0.15) is 47.1 Å². The van der Waals surface area contributed by atoms with E-state index < -0.39 is 0 Å². The first-order valence-electron chi connectivity index (χ1n) is 14.3. The summed E-state index contributed by atoms with van der Waals surface area (Å²) in [5, 5.41) is 2.26. The SMILES string of the molecule is C=C1N(C)C=CN1c1[c-]c(Oc2[c-]c3c(cc2)c2ccccc2n3[C-]2C=C(C(C)(C)C)C=C[N+]2=C)cc(C(C)(C)C)c1.[Pt+2]. The van der Waals surface area contributed by atoms with Gasteiger partial charge in [-0.3, -0.25) is 9.14 Å². The maximum Gasteiger partial charge on any atom is 2.00 e. The Bertz CT molecular complexity index is 1840. The smallest absolute Gasteiger partial charge is 0.510 e. The summed E-state index contributed by atoms with van der Waals surface area (Å²) in [6.45, 7) is 21.8. The second-order valence-electron chi connectivity index (χ2n) is 13.1. The van der Waals surface area contributed by atoms with Crippen molar-refractivity contribution in [2.75, 3.05) is 11.9 Å². The van der Waals surface area contributed by atoms with E-state index in [1.165, 1.54) is 5.57 Å². The van der Waals surface area contributed by atoms with E-state index in [4.69, 9.17) is 4.74 Å². The van der Waals surface area contributed by atoms with Crippen molar-refractivity contribution in [2.24, 2.45) is 5.41 Å². The molecule has 5 nitrogen and oxygen atoms in total. The van der Waals surface area contributed by atoms with Gasteiger partial charge in [-0.1, -0.05) is 89.0 Å². The summed E-state index contributed by atoms with van der Waals surface area (Å²) >= 11 is 0. The summed E-state index contributed by atoms with van der Waals surface area (Å²) in [6, 6.07) is 23.9. The molecule has 2 aliphatic rings. The summed E-state index contributed by atoms with van der Waals surface area (Å²) < 4.78 is 10.7. The van der Waals surface area contributed by atoms with Gasteiger partial charge in [0, 0.05) is 43.9 Å². The van der Waals surface area contributed by atoms with Crippen LogP contribution in [0.4, 0.5) is 5.69 Å². The van der Waals surface area contributed by atoms with E-state index in [0.717, 1.165) is 45.0 Å². The quantitative estimate of drug-likeness (QED) is 0.154. The molecule has 0 radical (unpaired) electrons. The number of nitrogens with zero attached hydrogens (tertiary/aromatic N) is 4. The maximum absolute atomic E-state index is 6.54. The first-order chi connectivity index (χ1) is 19.8. The molecule has 222 valence electrons. The number of rotatable bonds is 4. The van der Waals surface area contributed by atoms with Crippen molar-refractivity contribution in [3.05, 3.63) is 121 Å². The predicted molar refractivity (Wildman–Crippen MR) is 174 cm³/mol. The molecule has 0 amide bonds. The van der Waals surface area contributed by atoms with E-state index in [1.54, 1.807) is 0 Å².